The Bertz CT molecular complexity index is 3640. The second-order valence-electron chi connectivity index (χ2n) is 18.7. The van der Waals surface area contributed by atoms with Crippen molar-refractivity contribution in [1.29, 1.82) is 0 Å². The average molecular weight is 825 g/mol. The zero-order valence-corrected chi connectivity index (χ0v) is 36.3. The van der Waals surface area contributed by atoms with Crippen molar-refractivity contribution in [2.45, 2.75) is 57.3 Å². The molecule has 0 unspecified atom stereocenters. The third kappa shape index (κ3) is 5.59. The molecule has 2 aromatic heterocycles. The van der Waals surface area contributed by atoms with E-state index in [1.165, 1.54) is 103 Å². The van der Waals surface area contributed by atoms with Crippen LogP contribution in [-0.2, 0) is 5.41 Å². The van der Waals surface area contributed by atoms with E-state index in [9.17, 15) is 0 Å². The molecule has 0 atom stereocenters. The number of aromatic nitrogens is 1. The first-order chi connectivity index (χ1) is 31.5. The highest BCUT2D eigenvalue weighted by atomic mass is 16.3. The Kier molecular flexibility index (Phi) is 8.34. The van der Waals surface area contributed by atoms with Crippen molar-refractivity contribution in [2.75, 3.05) is 4.90 Å². The van der Waals surface area contributed by atoms with Gasteiger partial charge in [-0.15, -0.1) is 0 Å². The summed E-state index contributed by atoms with van der Waals surface area (Å²) in [6.07, 6.45) is 6.37. The molecule has 3 nitrogen and oxygen atoms in total. The molecule has 0 N–H and O–H groups in total. The van der Waals surface area contributed by atoms with Gasteiger partial charge in [0.05, 0.1) is 16.7 Å². The molecule has 2 heterocycles. The molecule has 64 heavy (non-hydrogen) atoms. The highest BCUT2D eigenvalue weighted by molar-refractivity contribution is 6.13. The zero-order valence-electron chi connectivity index (χ0n) is 36.3. The molecular weight excluding hydrogens is 777 g/mol. The minimum atomic E-state index is -0.163. The van der Waals surface area contributed by atoms with Gasteiger partial charge in [0.2, 0.25) is 0 Å². The molecule has 1 saturated carbocycles. The Morgan fingerprint density at radius 3 is 2.08 bits per heavy atom. The first-order valence-corrected chi connectivity index (χ1v) is 23.1. The molecule has 9 aromatic carbocycles. The molecule has 13 rings (SSSR count). The Morgan fingerprint density at radius 2 is 1.19 bits per heavy atom. The monoisotopic (exact) mass is 824 g/mol. The first kappa shape index (κ1) is 37.2. The number of furan rings is 1. The summed E-state index contributed by atoms with van der Waals surface area (Å²) in [5.74, 6) is 0.545. The smallest absolute Gasteiger partial charge is 0.138 e. The molecule has 11 aromatic rings. The van der Waals surface area contributed by atoms with Crippen molar-refractivity contribution in [3.63, 3.8) is 0 Å². The van der Waals surface area contributed by atoms with Gasteiger partial charge in [0.15, 0.2) is 0 Å². The van der Waals surface area contributed by atoms with Crippen molar-refractivity contribution in [1.82, 2.24) is 4.57 Å². The molecule has 1 fully saturated rings. The van der Waals surface area contributed by atoms with Crippen LogP contribution >= 0.6 is 0 Å². The van der Waals surface area contributed by atoms with E-state index in [0.29, 0.717) is 5.92 Å². The molecule has 0 radical (unpaired) electrons. The van der Waals surface area contributed by atoms with Crippen molar-refractivity contribution in [3.05, 3.63) is 205 Å². The van der Waals surface area contributed by atoms with Crippen LogP contribution in [0.1, 0.15) is 68.6 Å². The molecule has 2 aliphatic carbocycles. The van der Waals surface area contributed by atoms with Gasteiger partial charge in [-0.2, -0.15) is 0 Å². The van der Waals surface area contributed by atoms with Crippen LogP contribution in [0.3, 0.4) is 0 Å². The predicted molar refractivity (Wildman–Crippen MR) is 269 cm³/mol. The fourth-order valence-corrected chi connectivity index (χ4v) is 11.6. The maximum absolute atomic E-state index is 7.05. The van der Waals surface area contributed by atoms with Crippen LogP contribution < -0.4 is 4.90 Å². The Balaban J connectivity index is 1.08. The topological polar surface area (TPSA) is 21.3 Å². The van der Waals surface area contributed by atoms with Gasteiger partial charge < -0.3 is 13.9 Å². The van der Waals surface area contributed by atoms with Gasteiger partial charge in [0.25, 0.3) is 0 Å². The number of para-hydroxylation sites is 3. The molecule has 2 aliphatic rings. The number of fused-ring (bicyclic) bond motifs is 10. The molecular formula is C61H48N2O. The minimum absolute atomic E-state index is 0.163. The van der Waals surface area contributed by atoms with Crippen LogP contribution in [0.15, 0.2) is 192 Å². The van der Waals surface area contributed by atoms with E-state index in [0.717, 1.165) is 45.0 Å². The lowest BCUT2D eigenvalue weighted by atomic mass is 9.82. The molecule has 0 saturated heterocycles. The molecule has 0 spiro atoms. The highest BCUT2D eigenvalue weighted by Crippen LogP contribution is 2.53. The summed E-state index contributed by atoms with van der Waals surface area (Å²) in [4.78, 5) is 2.52. The van der Waals surface area contributed by atoms with E-state index in [2.05, 4.69) is 211 Å². The van der Waals surface area contributed by atoms with Crippen molar-refractivity contribution in [3.8, 4) is 27.9 Å². The summed E-state index contributed by atoms with van der Waals surface area (Å²) in [5.41, 5.74) is 17.7. The summed E-state index contributed by atoms with van der Waals surface area (Å²) in [6, 6.07) is 69.9. The third-order valence-corrected chi connectivity index (χ3v) is 14.8. The summed E-state index contributed by atoms with van der Waals surface area (Å²) < 4.78 is 9.47. The van der Waals surface area contributed by atoms with Crippen molar-refractivity contribution >= 4 is 71.6 Å². The zero-order chi connectivity index (χ0) is 42.5. The van der Waals surface area contributed by atoms with E-state index >= 15 is 0 Å². The number of hydrogen-bond donors (Lipinski definition) is 0. The standard InChI is InChI=1S/C61H48N2O/c1-61(2)54-26-13-11-22-48(54)49-34-30-43(37-55(49)61)62(44-31-35-52-53-25-15-24-47(39-16-5-3-6-17-39)60(53)64-58(52)38-44)59-45-21-10-9-18-40(45)28-32-46(59)41-29-33-51-50-23-12-14-27-56(50)63(57(51)36-41)42-19-7-4-8-20-42/h4,7-15,18-39H,3,5-6,16-17H2,1-2H3. The Labute approximate surface area is 373 Å². The van der Waals surface area contributed by atoms with Gasteiger partial charge in [-0.25, -0.2) is 0 Å². The number of nitrogens with zero attached hydrogens (tertiary/aromatic N) is 2. The maximum atomic E-state index is 7.05. The van der Waals surface area contributed by atoms with Crippen LogP contribution in [0.5, 0.6) is 0 Å². The molecule has 0 aliphatic heterocycles. The van der Waals surface area contributed by atoms with E-state index in [1.807, 2.05) is 0 Å². The van der Waals surface area contributed by atoms with E-state index in [1.54, 1.807) is 0 Å². The van der Waals surface area contributed by atoms with E-state index in [4.69, 9.17) is 4.42 Å². The Hall–Kier alpha value is -7.36. The third-order valence-electron chi connectivity index (χ3n) is 14.8. The van der Waals surface area contributed by atoms with Crippen molar-refractivity contribution in [2.24, 2.45) is 0 Å². The van der Waals surface area contributed by atoms with Gasteiger partial charge in [-0.05, 0) is 106 Å². The Morgan fingerprint density at radius 1 is 0.500 bits per heavy atom. The van der Waals surface area contributed by atoms with E-state index in [-0.39, 0.29) is 5.41 Å². The fourth-order valence-electron chi connectivity index (χ4n) is 11.6. The lowest BCUT2D eigenvalue weighted by Gasteiger charge is -2.31. The van der Waals surface area contributed by atoms with Crippen LogP contribution in [0.4, 0.5) is 17.1 Å². The number of rotatable bonds is 6. The van der Waals surface area contributed by atoms with Gasteiger partial charge in [0.1, 0.15) is 11.2 Å². The molecule has 3 heteroatoms. The van der Waals surface area contributed by atoms with E-state index < -0.39 is 0 Å². The summed E-state index contributed by atoms with van der Waals surface area (Å²) >= 11 is 0. The van der Waals surface area contributed by atoms with Gasteiger partial charge in [0, 0.05) is 61.0 Å². The second-order valence-corrected chi connectivity index (χ2v) is 18.7. The first-order valence-electron chi connectivity index (χ1n) is 23.1. The van der Waals surface area contributed by atoms with Gasteiger partial charge in [-0.1, -0.05) is 167 Å². The van der Waals surface area contributed by atoms with Crippen LogP contribution in [0.25, 0.3) is 82.5 Å². The van der Waals surface area contributed by atoms with Crippen LogP contribution in [0.2, 0.25) is 0 Å². The lowest BCUT2D eigenvalue weighted by molar-refractivity contribution is 0.442. The molecule has 308 valence electrons. The van der Waals surface area contributed by atoms with Gasteiger partial charge in [-0.3, -0.25) is 0 Å². The normalized spacial score (nSPS) is 14.8. The number of anilines is 3. The molecule has 0 bridgehead atoms. The number of hydrogen-bond acceptors (Lipinski definition) is 2. The quantitative estimate of drug-likeness (QED) is 0.167. The summed E-state index contributed by atoms with van der Waals surface area (Å²) in [5, 5.41) is 7.25. The predicted octanol–water partition coefficient (Wildman–Crippen LogP) is 17.3. The maximum Gasteiger partial charge on any atom is 0.138 e. The largest absolute Gasteiger partial charge is 0.456 e. The summed E-state index contributed by atoms with van der Waals surface area (Å²) in [7, 11) is 0. The van der Waals surface area contributed by atoms with Crippen LogP contribution in [-0.4, -0.2) is 4.57 Å². The highest BCUT2D eigenvalue weighted by Gasteiger charge is 2.36. The minimum Gasteiger partial charge on any atom is -0.456 e. The second kappa shape index (κ2) is 14.3. The lowest BCUT2D eigenvalue weighted by Crippen LogP contribution is -2.17. The van der Waals surface area contributed by atoms with Crippen molar-refractivity contribution < 1.29 is 4.42 Å². The average Bonchev–Trinajstić information content (AvgIpc) is 3.97. The fraction of sp³-hybridized carbons (Fsp3) is 0.148. The SMILES string of the molecule is CC1(C)c2ccccc2-c2ccc(N(c3ccc4c(c3)oc3c(C5CCCCC5)cccc34)c3c(-c4ccc5c6ccccc6n(-c6ccccc6)c5c4)ccc4ccccc34)cc21. The van der Waals surface area contributed by atoms with Crippen LogP contribution in [0, 0.1) is 0 Å². The number of benzene rings is 9. The summed E-state index contributed by atoms with van der Waals surface area (Å²) in [6.45, 7) is 4.75. The molecule has 0 amide bonds. The van der Waals surface area contributed by atoms with Gasteiger partial charge >= 0.3 is 0 Å².